The highest BCUT2D eigenvalue weighted by atomic mass is 32.1. The van der Waals surface area contributed by atoms with Crippen molar-refractivity contribution in [1.82, 2.24) is 19.9 Å². The highest BCUT2D eigenvalue weighted by Crippen LogP contribution is 2.36. The first-order chi connectivity index (χ1) is 21.2. The summed E-state index contributed by atoms with van der Waals surface area (Å²) >= 11 is 1.28. The van der Waals surface area contributed by atoms with Gasteiger partial charge in [-0.15, -0.1) is 0 Å². The van der Waals surface area contributed by atoms with E-state index >= 15 is 0 Å². The van der Waals surface area contributed by atoms with Crippen LogP contribution in [0.15, 0.2) is 48.5 Å². The molecule has 0 bridgehead atoms. The molecule has 1 atom stereocenters. The van der Waals surface area contributed by atoms with Gasteiger partial charge in [0.1, 0.15) is 11.1 Å². The van der Waals surface area contributed by atoms with Crippen molar-refractivity contribution in [3.63, 3.8) is 0 Å². The lowest BCUT2D eigenvalue weighted by Gasteiger charge is -2.36. The minimum atomic E-state index is -4.48. The van der Waals surface area contributed by atoms with Gasteiger partial charge in [-0.3, -0.25) is 4.79 Å². The number of ether oxygens (including phenoxy) is 2. The molecule has 3 heterocycles. The highest BCUT2D eigenvalue weighted by molar-refractivity contribution is 7.22. The average molecular weight is 643 g/mol. The first-order valence-electron chi connectivity index (χ1n) is 14.4. The molecule has 0 aliphatic carbocycles. The Morgan fingerprint density at radius 3 is 2.49 bits per heavy atom. The largest absolute Gasteiger partial charge is 0.444 e. The average Bonchev–Trinajstić information content (AvgIpc) is 3.38. The Morgan fingerprint density at radius 2 is 1.80 bits per heavy atom. The standard InChI is InChI=1S/C31H33F3N6O4S/c1-18(41)36-28-39-26-23(9-7-10-24(26)45-28)43-25-16-22(19-11-13-20(14-12-19)31(32,33)34)37-27(38-25)35-17-21-8-5-6-15-40(21)29(42)44-30(2,3)4/h7,9-14,16,21H,5-6,8,15,17H2,1-4H3,(H,35,37,38)(H,36,39,41)/t21-/m1/s1. The fraction of sp³-hybridized carbons (Fsp3) is 0.387. The van der Waals surface area contributed by atoms with Gasteiger partial charge in [-0.2, -0.15) is 18.2 Å². The molecular weight excluding hydrogens is 609 g/mol. The molecule has 1 aliphatic heterocycles. The Bertz CT molecular complexity index is 1690. The topological polar surface area (TPSA) is 119 Å². The normalized spacial score (nSPS) is 15.5. The van der Waals surface area contributed by atoms with Crippen molar-refractivity contribution >= 4 is 44.6 Å². The third-order valence-electron chi connectivity index (χ3n) is 6.84. The minimum absolute atomic E-state index is 0.122. The molecule has 1 aliphatic rings. The van der Waals surface area contributed by atoms with Gasteiger partial charge in [0.05, 0.1) is 22.0 Å². The molecule has 2 aromatic carbocycles. The second-order valence-electron chi connectivity index (χ2n) is 11.6. The van der Waals surface area contributed by atoms with Crippen LogP contribution in [0.4, 0.5) is 29.0 Å². The van der Waals surface area contributed by atoms with E-state index in [9.17, 15) is 22.8 Å². The molecule has 0 radical (unpaired) electrons. The molecule has 2 aromatic heterocycles. The zero-order valence-electron chi connectivity index (χ0n) is 25.2. The third-order valence-corrected chi connectivity index (χ3v) is 7.78. The summed E-state index contributed by atoms with van der Waals surface area (Å²) < 4.78 is 52.2. The van der Waals surface area contributed by atoms with Crippen LogP contribution >= 0.6 is 11.3 Å². The number of halogens is 3. The van der Waals surface area contributed by atoms with Crippen LogP contribution in [-0.2, 0) is 15.7 Å². The van der Waals surface area contributed by atoms with Crippen molar-refractivity contribution in [2.45, 2.75) is 64.8 Å². The van der Waals surface area contributed by atoms with Gasteiger partial charge in [-0.1, -0.05) is 29.5 Å². The van der Waals surface area contributed by atoms with Crippen molar-refractivity contribution < 1.29 is 32.2 Å². The number of amides is 2. The van der Waals surface area contributed by atoms with Gasteiger partial charge in [0.2, 0.25) is 17.7 Å². The molecule has 1 fully saturated rings. The van der Waals surface area contributed by atoms with Gasteiger partial charge in [-0.05, 0) is 64.3 Å². The predicted molar refractivity (Wildman–Crippen MR) is 166 cm³/mol. The number of alkyl halides is 3. The van der Waals surface area contributed by atoms with Crippen LogP contribution in [0, 0.1) is 0 Å². The number of piperidine rings is 1. The van der Waals surface area contributed by atoms with Gasteiger partial charge in [0.25, 0.3) is 0 Å². The number of anilines is 2. The van der Waals surface area contributed by atoms with Crippen LogP contribution in [0.2, 0.25) is 0 Å². The second kappa shape index (κ2) is 12.9. The fourth-order valence-electron chi connectivity index (χ4n) is 4.84. The first-order valence-corrected chi connectivity index (χ1v) is 15.2. The first kappa shape index (κ1) is 31.9. The lowest BCUT2D eigenvalue weighted by atomic mass is 10.0. The number of hydrogen-bond donors (Lipinski definition) is 2. The molecule has 14 heteroatoms. The summed E-state index contributed by atoms with van der Waals surface area (Å²) in [6, 6.07) is 11.3. The van der Waals surface area contributed by atoms with E-state index in [1.165, 1.54) is 36.5 Å². The maximum Gasteiger partial charge on any atom is 0.416 e. The molecule has 238 valence electrons. The van der Waals surface area contributed by atoms with Crippen LogP contribution in [0.1, 0.15) is 52.5 Å². The Hall–Kier alpha value is -4.46. The second-order valence-corrected chi connectivity index (χ2v) is 12.6. The molecule has 5 rings (SSSR count). The van der Waals surface area contributed by atoms with Crippen molar-refractivity contribution in [3.05, 3.63) is 54.1 Å². The molecule has 0 spiro atoms. The third kappa shape index (κ3) is 8.18. The van der Waals surface area contributed by atoms with Crippen LogP contribution in [0.5, 0.6) is 11.6 Å². The van der Waals surface area contributed by atoms with Crippen molar-refractivity contribution in [1.29, 1.82) is 0 Å². The van der Waals surface area contributed by atoms with Crippen molar-refractivity contribution in [2.24, 2.45) is 0 Å². The molecule has 2 amide bonds. The molecular formula is C31H33F3N6O4S. The van der Waals surface area contributed by atoms with Crippen molar-refractivity contribution in [2.75, 3.05) is 23.7 Å². The summed E-state index contributed by atoms with van der Waals surface area (Å²) in [4.78, 5) is 39.8. The number of para-hydroxylation sites is 1. The number of nitrogens with zero attached hydrogens (tertiary/aromatic N) is 4. The number of aromatic nitrogens is 3. The summed E-state index contributed by atoms with van der Waals surface area (Å²) in [6.45, 7) is 7.71. The van der Waals surface area contributed by atoms with E-state index in [1.807, 2.05) is 26.8 Å². The molecule has 10 nitrogen and oxygen atoms in total. The number of hydrogen-bond acceptors (Lipinski definition) is 9. The zero-order chi connectivity index (χ0) is 32.4. The molecule has 2 N–H and O–H groups in total. The van der Waals surface area contributed by atoms with E-state index in [4.69, 9.17) is 9.47 Å². The van der Waals surface area contributed by atoms with Gasteiger partial charge in [0.15, 0.2) is 10.9 Å². The SMILES string of the molecule is CC(=O)Nc1nc2c(Oc3cc(-c4ccc(C(F)(F)F)cc4)nc(NC[C@H]4CCCCN4C(=O)OC(C)(C)C)n3)cccc2s1. The van der Waals surface area contributed by atoms with Gasteiger partial charge < -0.3 is 25.0 Å². The Kier molecular flexibility index (Phi) is 9.14. The highest BCUT2D eigenvalue weighted by Gasteiger charge is 2.31. The summed E-state index contributed by atoms with van der Waals surface area (Å²) in [7, 11) is 0. The van der Waals surface area contributed by atoms with E-state index in [2.05, 4.69) is 25.6 Å². The molecule has 1 saturated heterocycles. The van der Waals surface area contributed by atoms with Gasteiger partial charge in [0, 0.05) is 31.6 Å². The number of rotatable bonds is 7. The molecule has 45 heavy (non-hydrogen) atoms. The van der Waals surface area contributed by atoms with E-state index in [0.29, 0.717) is 40.7 Å². The van der Waals surface area contributed by atoms with Gasteiger partial charge >= 0.3 is 12.3 Å². The van der Waals surface area contributed by atoms with Crippen molar-refractivity contribution in [3.8, 4) is 22.9 Å². The number of carbonyl (C=O) groups excluding carboxylic acids is 2. The summed E-state index contributed by atoms with van der Waals surface area (Å²) in [5, 5.41) is 6.28. The summed E-state index contributed by atoms with van der Waals surface area (Å²) in [5.74, 6) is 0.400. The Labute approximate surface area is 262 Å². The van der Waals surface area contributed by atoms with Crippen LogP contribution in [-0.4, -0.2) is 56.6 Å². The maximum atomic E-state index is 13.2. The number of likely N-dealkylation sites (tertiary alicyclic amines) is 1. The quantitative estimate of drug-likeness (QED) is 0.210. The molecule has 0 unspecified atom stereocenters. The van der Waals surface area contributed by atoms with Crippen LogP contribution in [0.3, 0.4) is 0 Å². The smallest absolute Gasteiger partial charge is 0.416 e. The Balaban J connectivity index is 1.45. The predicted octanol–water partition coefficient (Wildman–Crippen LogP) is 7.72. The van der Waals surface area contributed by atoms with Gasteiger partial charge in [-0.25, -0.2) is 14.8 Å². The Morgan fingerprint density at radius 1 is 1.04 bits per heavy atom. The van der Waals surface area contributed by atoms with Crippen LogP contribution in [0.25, 0.3) is 21.5 Å². The lowest BCUT2D eigenvalue weighted by Crippen LogP contribution is -2.49. The van der Waals surface area contributed by atoms with E-state index < -0.39 is 23.4 Å². The fourth-order valence-corrected chi connectivity index (χ4v) is 5.77. The summed E-state index contributed by atoms with van der Waals surface area (Å²) in [5.41, 5.74) is -0.161. The maximum absolute atomic E-state index is 13.2. The number of nitrogens with one attached hydrogen (secondary N) is 2. The zero-order valence-corrected chi connectivity index (χ0v) is 26.0. The summed E-state index contributed by atoms with van der Waals surface area (Å²) in [6.07, 6.45) is -2.33. The van der Waals surface area contributed by atoms with Crippen LogP contribution < -0.4 is 15.4 Å². The number of carbonyl (C=O) groups is 2. The monoisotopic (exact) mass is 642 g/mol. The number of fused-ring (bicyclic) bond motifs is 1. The lowest BCUT2D eigenvalue weighted by molar-refractivity contribution is -0.137. The molecule has 4 aromatic rings. The molecule has 0 saturated carbocycles. The number of thiazole rings is 1. The van der Waals surface area contributed by atoms with E-state index in [-0.39, 0.29) is 23.8 Å². The van der Waals surface area contributed by atoms with E-state index in [1.54, 1.807) is 17.0 Å². The van der Waals surface area contributed by atoms with E-state index in [0.717, 1.165) is 36.1 Å². The minimum Gasteiger partial charge on any atom is -0.444 e. The number of benzene rings is 2.